The van der Waals surface area contributed by atoms with Gasteiger partial charge in [0, 0.05) is 40.6 Å². The minimum absolute atomic E-state index is 0.0681. The SMILES string of the molecule is C[S+]([O-])c1nc(-c2ccc(=O)n(Cc3ccc4cccnc4c3)c2)cc(C(F)(F)F)n1. The summed E-state index contributed by atoms with van der Waals surface area (Å²) in [4.78, 5) is 24.0. The lowest BCUT2D eigenvalue weighted by atomic mass is 10.1. The van der Waals surface area contributed by atoms with Crippen molar-refractivity contribution in [2.75, 3.05) is 6.26 Å². The highest BCUT2D eigenvalue weighted by Gasteiger charge is 2.35. The molecule has 0 N–H and O–H groups in total. The minimum atomic E-state index is -4.72. The molecule has 0 aliphatic rings. The Labute approximate surface area is 177 Å². The van der Waals surface area contributed by atoms with Crippen LogP contribution in [0.1, 0.15) is 11.3 Å². The number of fused-ring (bicyclic) bond motifs is 1. The summed E-state index contributed by atoms with van der Waals surface area (Å²) in [5.74, 6) is 0. The Balaban J connectivity index is 1.75. The van der Waals surface area contributed by atoms with E-state index in [0.717, 1.165) is 22.5 Å². The van der Waals surface area contributed by atoms with Gasteiger partial charge in [0.25, 0.3) is 5.56 Å². The highest BCUT2D eigenvalue weighted by Crippen LogP contribution is 2.30. The average molecular weight is 444 g/mol. The standard InChI is InChI=1S/C21H15F3N4O2S/c1-31(30)20-26-17(10-18(27-20)21(22,23)24)15-6-7-19(29)28(12-15)11-13-4-5-14-3-2-8-25-16(14)9-13/h2-10,12H,11H2,1H3. The third-order valence-electron chi connectivity index (χ3n) is 4.56. The number of hydrogen-bond donors (Lipinski definition) is 0. The summed E-state index contributed by atoms with van der Waals surface area (Å²) in [6.07, 6.45) is -0.427. The molecule has 1 unspecified atom stereocenters. The Morgan fingerprint density at radius 3 is 2.65 bits per heavy atom. The molecular formula is C21H15F3N4O2S. The van der Waals surface area contributed by atoms with Crippen LogP contribution in [0.3, 0.4) is 0 Å². The zero-order valence-corrected chi connectivity index (χ0v) is 16.9. The van der Waals surface area contributed by atoms with E-state index in [-0.39, 0.29) is 23.4 Å². The number of rotatable bonds is 4. The summed E-state index contributed by atoms with van der Waals surface area (Å²) in [7, 11) is 0. The van der Waals surface area contributed by atoms with Crippen LogP contribution in [-0.4, -0.2) is 30.3 Å². The van der Waals surface area contributed by atoms with Gasteiger partial charge in [-0.25, -0.2) is 0 Å². The summed E-state index contributed by atoms with van der Waals surface area (Å²) in [5.41, 5.74) is 0.263. The van der Waals surface area contributed by atoms with Crippen LogP contribution in [0.5, 0.6) is 0 Å². The molecule has 0 bridgehead atoms. The van der Waals surface area contributed by atoms with Crippen LogP contribution in [0.25, 0.3) is 22.2 Å². The fourth-order valence-electron chi connectivity index (χ4n) is 3.06. The normalized spacial score (nSPS) is 12.8. The van der Waals surface area contributed by atoms with Gasteiger partial charge in [-0.15, -0.1) is 0 Å². The number of alkyl halides is 3. The Hall–Kier alpha value is -3.24. The third-order valence-corrected chi connectivity index (χ3v) is 5.25. The first-order valence-corrected chi connectivity index (χ1v) is 10.6. The molecule has 0 aliphatic heterocycles. The smallest absolute Gasteiger partial charge is 0.433 e. The first kappa shape index (κ1) is 21.0. The van der Waals surface area contributed by atoms with Crippen LogP contribution < -0.4 is 5.56 Å². The monoisotopic (exact) mass is 444 g/mol. The zero-order valence-electron chi connectivity index (χ0n) is 16.1. The van der Waals surface area contributed by atoms with Crippen molar-refractivity contribution in [1.29, 1.82) is 0 Å². The van der Waals surface area contributed by atoms with Crippen LogP contribution in [0.15, 0.2) is 70.9 Å². The van der Waals surface area contributed by atoms with Gasteiger partial charge in [-0.1, -0.05) is 18.2 Å². The van der Waals surface area contributed by atoms with Crippen molar-refractivity contribution in [1.82, 2.24) is 19.5 Å². The Morgan fingerprint density at radius 2 is 1.90 bits per heavy atom. The Morgan fingerprint density at radius 1 is 1.10 bits per heavy atom. The molecule has 0 spiro atoms. The molecule has 0 radical (unpaired) electrons. The van der Waals surface area contributed by atoms with E-state index in [2.05, 4.69) is 15.0 Å². The second kappa shape index (κ2) is 8.12. The van der Waals surface area contributed by atoms with Gasteiger partial charge in [0.05, 0.1) is 17.8 Å². The number of aromatic nitrogens is 4. The largest absolute Gasteiger partial charge is 0.609 e. The van der Waals surface area contributed by atoms with Gasteiger partial charge in [-0.05, 0) is 29.8 Å². The maximum atomic E-state index is 13.2. The van der Waals surface area contributed by atoms with Crippen LogP contribution in [-0.2, 0) is 23.9 Å². The fourth-order valence-corrected chi connectivity index (χ4v) is 3.51. The van der Waals surface area contributed by atoms with Crippen LogP contribution >= 0.6 is 0 Å². The minimum Gasteiger partial charge on any atom is -0.609 e. The van der Waals surface area contributed by atoms with E-state index >= 15 is 0 Å². The first-order valence-electron chi connectivity index (χ1n) is 9.05. The number of nitrogens with zero attached hydrogens (tertiary/aromatic N) is 4. The van der Waals surface area contributed by atoms with Gasteiger partial charge in [-0.2, -0.15) is 23.1 Å². The first-order chi connectivity index (χ1) is 14.7. The van der Waals surface area contributed by atoms with E-state index in [0.29, 0.717) is 0 Å². The molecule has 4 aromatic rings. The van der Waals surface area contributed by atoms with E-state index in [1.807, 2.05) is 30.3 Å². The topological polar surface area (TPSA) is 83.7 Å². The maximum absolute atomic E-state index is 13.2. The van der Waals surface area contributed by atoms with Gasteiger partial charge >= 0.3 is 11.3 Å². The van der Waals surface area contributed by atoms with E-state index < -0.39 is 28.2 Å². The van der Waals surface area contributed by atoms with Crippen LogP contribution in [0.4, 0.5) is 13.2 Å². The summed E-state index contributed by atoms with van der Waals surface area (Å²) in [5, 5.41) is 0.524. The lowest BCUT2D eigenvalue weighted by Gasteiger charge is -2.12. The zero-order chi connectivity index (χ0) is 22.2. The molecule has 1 atom stereocenters. The Bertz CT molecular complexity index is 1320. The summed E-state index contributed by atoms with van der Waals surface area (Å²) in [6.45, 7) is 0.197. The number of pyridine rings is 2. The molecule has 0 amide bonds. The molecule has 10 heteroatoms. The van der Waals surface area contributed by atoms with E-state index in [1.54, 1.807) is 6.20 Å². The van der Waals surface area contributed by atoms with Crippen molar-refractivity contribution in [2.24, 2.45) is 0 Å². The summed E-state index contributed by atoms with van der Waals surface area (Å²) < 4.78 is 52.8. The van der Waals surface area contributed by atoms with Crippen molar-refractivity contribution < 1.29 is 17.7 Å². The van der Waals surface area contributed by atoms with Gasteiger partial charge in [0.1, 0.15) is 6.26 Å². The number of halogens is 3. The predicted octanol–water partition coefficient (Wildman–Crippen LogP) is 3.66. The molecule has 31 heavy (non-hydrogen) atoms. The van der Waals surface area contributed by atoms with E-state index in [1.165, 1.54) is 29.2 Å². The quantitative estimate of drug-likeness (QED) is 0.354. The lowest BCUT2D eigenvalue weighted by Crippen LogP contribution is -2.19. The van der Waals surface area contributed by atoms with Crippen molar-refractivity contribution in [3.63, 3.8) is 0 Å². The predicted molar refractivity (Wildman–Crippen MR) is 110 cm³/mol. The molecule has 158 valence electrons. The average Bonchev–Trinajstić information content (AvgIpc) is 2.74. The van der Waals surface area contributed by atoms with E-state index in [4.69, 9.17) is 0 Å². The molecule has 0 saturated heterocycles. The highest BCUT2D eigenvalue weighted by molar-refractivity contribution is 7.90. The van der Waals surface area contributed by atoms with Crippen LogP contribution in [0.2, 0.25) is 0 Å². The maximum Gasteiger partial charge on any atom is 0.433 e. The van der Waals surface area contributed by atoms with E-state index in [9.17, 15) is 22.5 Å². The number of benzene rings is 1. The fraction of sp³-hybridized carbons (Fsp3) is 0.143. The lowest BCUT2D eigenvalue weighted by molar-refractivity contribution is -0.141. The molecule has 0 fully saturated rings. The number of hydrogen-bond acceptors (Lipinski definition) is 5. The molecule has 0 aliphatic carbocycles. The molecule has 6 nitrogen and oxygen atoms in total. The van der Waals surface area contributed by atoms with Crippen molar-refractivity contribution in [2.45, 2.75) is 17.9 Å². The third kappa shape index (κ3) is 4.59. The summed E-state index contributed by atoms with van der Waals surface area (Å²) >= 11 is -1.81. The van der Waals surface area contributed by atoms with Gasteiger partial charge in [0.2, 0.25) is 0 Å². The second-order valence-electron chi connectivity index (χ2n) is 6.79. The summed E-state index contributed by atoms with van der Waals surface area (Å²) in [6, 6.07) is 12.7. The van der Waals surface area contributed by atoms with Crippen molar-refractivity contribution in [3.8, 4) is 11.3 Å². The van der Waals surface area contributed by atoms with Crippen molar-refractivity contribution in [3.05, 3.63) is 82.5 Å². The van der Waals surface area contributed by atoms with Crippen LogP contribution in [0, 0.1) is 0 Å². The van der Waals surface area contributed by atoms with Gasteiger partial charge < -0.3 is 9.12 Å². The van der Waals surface area contributed by atoms with Gasteiger partial charge in [-0.3, -0.25) is 9.78 Å². The highest BCUT2D eigenvalue weighted by atomic mass is 32.2. The molecule has 3 heterocycles. The van der Waals surface area contributed by atoms with Gasteiger partial charge in [0.15, 0.2) is 5.69 Å². The molecular weight excluding hydrogens is 429 g/mol. The Kier molecular flexibility index (Phi) is 5.50. The molecule has 3 aromatic heterocycles. The van der Waals surface area contributed by atoms with Crippen molar-refractivity contribution >= 4 is 22.1 Å². The molecule has 0 saturated carbocycles. The molecule has 1 aromatic carbocycles. The molecule has 4 rings (SSSR count). The second-order valence-corrected chi connectivity index (χ2v) is 8.06.